The van der Waals surface area contributed by atoms with Crippen LogP contribution in [0.25, 0.3) is 0 Å². The second-order valence-electron chi connectivity index (χ2n) is 7.93. The predicted octanol–water partition coefficient (Wildman–Crippen LogP) is 1.68. The summed E-state index contributed by atoms with van der Waals surface area (Å²) in [6, 6.07) is 18.9. The molecule has 2 fully saturated rings. The Morgan fingerprint density at radius 3 is 2.29 bits per heavy atom. The highest BCUT2D eigenvalue weighted by Crippen LogP contribution is 2.21. The molecule has 4 rings (SSSR count). The second-order valence-corrected chi connectivity index (χ2v) is 7.93. The third-order valence-corrected chi connectivity index (χ3v) is 5.81. The molecule has 2 aliphatic heterocycles. The van der Waals surface area contributed by atoms with Crippen molar-refractivity contribution in [2.45, 2.75) is 25.6 Å². The van der Waals surface area contributed by atoms with Crippen LogP contribution in [0.15, 0.2) is 60.7 Å². The maximum Gasteiger partial charge on any atom is 0.248 e. The molecule has 7 nitrogen and oxygen atoms in total. The van der Waals surface area contributed by atoms with E-state index in [9.17, 15) is 14.4 Å². The average Bonchev–Trinajstić information content (AvgIpc) is 3.02. The van der Waals surface area contributed by atoms with Gasteiger partial charge in [0.25, 0.3) is 0 Å². The van der Waals surface area contributed by atoms with Crippen LogP contribution in [0, 0.1) is 0 Å². The molecule has 162 valence electrons. The maximum absolute atomic E-state index is 13.1. The van der Waals surface area contributed by atoms with Gasteiger partial charge in [0.1, 0.15) is 19.2 Å². The fourth-order valence-electron chi connectivity index (χ4n) is 4.14. The Morgan fingerprint density at radius 2 is 1.58 bits per heavy atom. The van der Waals surface area contributed by atoms with Crippen LogP contribution in [0.3, 0.4) is 0 Å². The number of hydrogen-bond donors (Lipinski definition) is 0. The van der Waals surface area contributed by atoms with Gasteiger partial charge in [0.15, 0.2) is 0 Å². The van der Waals surface area contributed by atoms with E-state index in [4.69, 9.17) is 4.74 Å². The van der Waals surface area contributed by atoms with E-state index < -0.39 is 6.04 Å². The van der Waals surface area contributed by atoms with Crippen molar-refractivity contribution in [2.75, 3.05) is 32.8 Å². The van der Waals surface area contributed by atoms with Crippen LogP contribution in [-0.4, -0.2) is 71.2 Å². The first kappa shape index (κ1) is 21.1. The molecular weight excluding hydrogens is 394 g/mol. The van der Waals surface area contributed by atoms with Gasteiger partial charge in [0.05, 0.1) is 6.61 Å². The molecule has 31 heavy (non-hydrogen) atoms. The number of carbonyl (C=O) groups excluding carboxylic acids is 3. The maximum atomic E-state index is 13.1. The molecule has 0 saturated carbocycles. The lowest BCUT2D eigenvalue weighted by atomic mass is 10.1. The largest absolute Gasteiger partial charge is 0.367 e. The summed E-state index contributed by atoms with van der Waals surface area (Å²) in [6.07, 6.45) is 0.445. The highest BCUT2D eigenvalue weighted by molar-refractivity contribution is 5.95. The first-order chi connectivity index (χ1) is 15.1. The molecule has 2 saturated heterocycles. The smallest absolute Gasteiger partial charge is 0.248 e. The molecule has 0 bridgehead atoms. The number of benzene rings is 2. The quantitative estimate of drug-likeness (QED) is 0.712. The van der Waals surface area contributed by atoms with Crippen LogP contribution in [-0.2, 0) is 32.3 Å². The number of rotatable bonds is 6. The summed E-state index contributed by atoms with van der Waals surface area (Å²) >= 11 is 0. The first-order valence-corrected chi connectivity index (χ1v) is 10.6. The van der Waals surface area contributed by atoms with E-state index in [0.717, 1.165) is 11.1 Å². The summed E-state index contributed by atoms with van der Waals surface area (Å²) in [6.45, 7) is 2.10. The van der Waals surface area contributed by atoms with Crippen LogP contribution in [0.2, 0.25) is 0 Å². The molecule has 2 aromatic carbocycles. The van der Waals surface area contributed by atoms with Crippen LogP contribution in [0.1, 0.15) is 17.5 Å². The van der Waals surface area contributed by atoms with E-state index >= 15 is 0 Å². The summed E-state index contributed by atoms with van der Waals surface area (Å²) in [4.78, 5) is 43.4. The normalized spacial score (nSPS) is 19.2. The predicted molar refractivity (Wildman–Crippen MR) is 115 cm³/mol. The number of ether oxygens (including phenoxy) is 1. The Labute approximate surface area is 182 Å². The lowest BCUT2D eigenvalue weighted by molar-refractivity contribution is -0.156. The van der Waals surface area contributed by atoms with Crippen LogP contribution < -0.4 is 0 Å². The lowest BCUT2D eigenvalue weighted by Crippen LogP contribution is -2.59. The molecule has 3 amide bonds. The van der Waals surface area contributed by atoms with E-state index in [0.29, 0.717) is 39.2 Å². The summed E-state index contributed by atoms with van der Waals surface area (Å²) in [5, 5.41) is 0. The molecule has 0 aliphatic carbocycles. The average molecular weight is 421 g/mol. The number of nitrogens with zero attached hydrogens (tertiary/aromatic N) is 3. The monoisotopic (exact) mass is 421 g/mol. The van der Waals surface area contributed by atoms with Crippen molar-refractivity contribution in [3.8, 4) is 0 Å². The topological polar surface area (TPSA) is 70.2 Å². The van der Waals surface area contributed by atoms with Crippen molar-refractivity contribution in [3.05, 3.63) is 71.8 Å². The van der Waals surface area contributed by atoms with Gasteiger partial charge < -0.3 is 19.4 Å². The zero-order chi connectivity index (χ0) is 21.6. The van der Waals surface area contributed by atoms with Crippen molar-refractivity contribution in [1.29, 1.82) is 0 Å². The second kappa shape index (κ2) is 9.75. The highest BCUT2D eigenvalue weighted by Gasteiger charge is 2.41. The molecule has 2 aromatic rings. The highest BCUT2D eigenvalue weighted by atomic mass is 16.5. The molecular formula is C24H27N3O4. The summed E-state index contributed by atoms with van der Waals surface area (Å²) in [5.74, 6) is -0.218. The minimum absolute atomic E-state index is 0.0123. The van der Waals surface area contributed by atoms with Gasteiger partial charge >= 0.3 is 0 Å². The zero-order valence-electron chi connectivity index (χ0n) is 17.5. The fraction of sp³-hybridized carbons (Fsp3) is 0.375. The van der Waals surface area contributed by atoms with E-state index in [1.807, 2.05) is 60.7 Å². The van der Waals surface area contributed by atoms with E-state index in [-0.39, 0.29) is 30.9 Å². The van der Waals surface area contributed by atoms with Crippen LogP contribution in [0.5, 0.6) is 0 Å². The molecule has 0 N–H and O–H groups in total. The third-order valence-electron chi connectivity index (χ3n) is 5.81. The van der Waals surface area contributed by atoms with Crippen molar-refractivity contribution in [3.63, 3.8) is 0 Å². The number of carbonyl (C=O) groups is 3. The van der Waals surface area contributed by atoms with Crippen LogP contribution in [0.4, 0.5) is 0 Å². The summed E-state index contributed by atoms with van der Waals surface area (Å²) in [5.41, 5.74) is 2.01. The van der Waals surface area contributed by atoms with Crippen molar-refractivity contribution in [1.82, 2.24) is 14.7 Å². The zero-order valence-corrected chi connectivity index (χ0v) is 17.5. The number of amides is 3. The van der Waals surface area contributed by atoms with Crippen molar-refractivity contribution >= 4 is 17.7 Å². The Morgan fingerprint density at radius 1 is 0.903 bits per heavy atom. The van der Waals surface area contributed by atoms with Gasteiger partial charge in [-0.05, 0) is 17.5 Å². The van der Waals surface area contributed by atoms with Crippen LogP contribution >= 0.6 is 0 Å². The van der Waals surface area contributed by atoms with Gasteiger partial charge in [0, 0.05) is 26.2 Å². The van der Waals surface area contributed by atoms with Gasteiger partial charge in [-0.25, -0.2) is 0 Å². The number of piperazine rings is 1. The third kappa shape index (κ3) is 5.11. The molecule has 0 aromatic heterocycles. The minimum atomic E-state index is -0.506. The molecule has 1 atom stereocenters. The summed E-state index contributed by atoms with van der Waals surface area (Å²) in [7, 11) is 0. The van der Waals surface area contributed by atoms with Crippen molar-refractivity contribution in [2.24, 2.45) is 0 Å². The number of fused-ring (bicyclic) bond motifs is 1. The van der Waals surface area contributed by atoms with E-state index in [1.54, 1.807) is 14.7 Å². The Balaban J connectivity index is 1.33. The minimum Gasteiger partial charge on any atom is -0.367 e. The Hall–Kier alpha value is -3.19. The van der Waals surface area contributed by atoms with E-state index in [1.165, 1.54) is 0 Å². The molecule has 0 spiro atoms. The fourth-order valence-corrected chi connectivity index (χ4v) is 4.14. The lowest BCUT2D eigenvalue weighted by Gasteiger charge is -2.39. The van der Waals surface area contributed by atoms with Gasteiger partial charge in [0.2, 0.25) is 17.7 Å². The SMILES string of the molecule is O=C(COCc1ccccc1)N1CCC2C(=O)N(Cc3ccccc3)CC(=O)N2CC1. The number of hydrogen-bond acceptors (Lipinski definition) is 4. The molecule has 0 radical (unpaired) electrons. The van der Waals surface area contributed by atoms with Gasteiger partial charge in [-0.15, -0.1) is 0 Å². The molecule has 2 heterocycles. The van der Waals surface area contributed by atoms with E-state index in [2.05, 4.69) is 0 Å². The van der Waals surface area contributed by atoms with Gasteiger partial charge in [-0.3, -0.25) is 14.4 Å². The van der Waals surface area contributed by atoms with Crippen molar-refractivity contribution < 1.29 is 19.1 Å². The Bertz CT molecular complexity index is 919. The molecule has 1 unspecified atom stereocenters. The molecule has 2 aliphatic rings. The molecule has 7 heteroatoms. The van der Waals surface area contributed by atoms with Gasteiger partial charge in [-0.1, -0.05) is 60.7 Å². The Kier molecular flexibility index (Phi) is 6.62. The standard InChI is InChI=1S/C24H27N3O4/c28-22-16-26(15-19-7-3-1-4-8-19)24(30)21-11-12-25(13-14-27(21)22)23(29)18-31-17-20-9-5-2-6-10-20/h1-10,21H,11-18H2. The summed E-state index contributed by atoms with van der Waals surface area (Å²) < 4.78 is 5.57. The first-order valence-electron chi connectivity index (χ1n) is 10.6. The van der Waals surface area contributed by atoms with Gasteiger partial charge in [-0.2, -0.15) is 0 Å².